The van der Waals surface area contributed by atoms with Crippen molar-refractivity contribution in [1.82, 2.24) is 19.7 Å². The largest absolute Gasteiger partial charge is 0.497 e. The number of hydrogen-bond acceptors (Lipinski definition) is 4. The molecule has 31 heavy (non-hydrogen) atoms. The van der Waals surface area contributed by atoms with Crippen molar-refractivity contribution in [3.05, 3.63) is 63.9 Å². The van der Waals surface area contributed by atoms with Gasteiger partial charge in [-0.3, -0.25) is 14.5 Å². The summed E-state index contributed by atoms with van der Waals surface area (Å²) in [6.07, 6.45) is 2.43. The van der Waals surface area contributed by atoms with Gasteiger partial charge in [-0.25, -0.2) is 0 Å². The highest BCUT2D eigenvalue weighted by Crippen LogP contribution is 2.33. The zero-order chi connectivity index (χ0) is 22.0. The summed E-state index contributed by atoms with van der Waals surface area (Å²) in [5.74, 6) is 1.67. The first-order valence-electron chi connectivity index (χ1n) is 10.6. The van der Waals surface area contributed by atoms with Gasteiger partial charge in [0.2, 0.25) is 5.91 Å². The van der Waals surface area contributed by atoms with Gasteiger partial charge in [-0.15, -0.1) is 0 Å². The second-order valence-electron chi connectivity index (χ2n) is 8.15. The molecule has 6 nitrogen and oxygen atoms in total. The van der Waals surface area contributed by atoms with E-state index < -0.39 is 0 Å². The van der Waals surface area contributed by atoms with Gasteiger partial charge >= 0.3 is 0 Å². The van der Waals surface area contributed by atoms with Crippen LogP contribution in [0.1, 0.15) is 42.0 Å². The molecule has 1 N–H and O–H groups in total. The van der Waals surface area contributed by atoms with Crippen molar-refractivity contribution in [2.45, 2.75) is 45.7 Å². The molecule has 162 valence electrons. The highest BCUT2D eigenvalue weighted by atomic mass is 32.1. The van der Waals surface area contributed by atoms with E-state index in [0.717, 1.165) is 36.5 Å². The normalized spacial score (nSPS) is 16.0. The summed E-state index contributed by atoms with van der Waals surface area (Å²) in [5.41, 5.74) is 4.64. The summed E-state index contributed by atoms with van der Waals surface area (Å²) in [6, 6.07) is 14.4. The number of hydrogen-bond donors (Lipinski definition) is 1. The van der Waals surface area contributed by atoms with Crippen LogP contribution in [0.15, 0.2) is 42.5 Å². The van der Waals surface area contributed by atoms with Gasteiger partial charge in [0.1, 0.15) is 5.75 Å². The number of benzene rings is 2. The van der Waals surface area contributed by atoms with Crippen LogP contribution in [0, 0.1) is 18.6 Å². The van der Waals surface area contributed by atoms with Gasteiger partial charge in [0, 0.05) is 25.1 Å². The lowest BCUT2D eigenvalue weighted by Gasteiger charge is -2.26. The number of amides is 1. The molecule has 1 atom stereocenters. The number of aromatic nitrogens is 3. The van der Waals surface area contributed by atoms with E-state index in [1.807, 2.05) is 33.7 Å². The predicted molar refractivity (Wildman–Crippen MR) is 124 cm³/mol. The molecule has 2 aromatic carbocycles. The zero-order valence-electron chi connectivity index (χ0n) is 18.2. The number of aryl methyl sites for hydroxylation is 2. The number of H-pyrrole nitrogens is 1. The van der Waals surface area contributed by atoms with Crippen molar-refractivity contribution < 1.29 is 9.53 Å². The molecule has 0 radical (unpaired) electrons. The van der Waals surface area contributed by atoms with E-state index >= 15 is 0 Å². The van der Waals surface area contributed by atoms with Gasteiger partial charge in [-0.05, 0) is 68.7 Å². The first kappa shape index (κ1) is 21.3. The van der Waals surface area contributed by atoms with E-state index in [9.17, 15) is 4.79 Å². The van der Waals surface area contributed by atoms with Crippen LogP contribution < -0.4 is 4.74 Å². The number of methoxy groups -OCH3 is 1. The van der Waals surface area contributed by atoms with Gasteiger partial charge < -0.3 is 9.64 Å². The third-order valence-electron chi connectivity index (χ3n) is 5.86. The Bertz CT molecular complexity index is 1110. The standard InChI is InChI=1S/C24H28N4O2S/c1-16-13-17(2)15-19(14-16)21-5-4-11-27(21)22(29)10-12-28-23(25-26-24(28)31)18-6-8-20(30-3)9-7-18/h6-9,13-15,21H,4-5,10-12H2,1-3H3,(H,26,31). The molecular weight excluding hydrogens is 408 g/mol. The highest BCUT2D eigenvalue weighted by molar-refractivity contribution is 7.71. The summed E-state index contributed by atoms with van der Waals surface area (Å²) in [4.78, 5) is 15.2. The van der Waals surface area contributed by atoms with Crippen LogP contribution in [-0.4, -0.2) is 39.2 Å². The lowest BCUT2D eigenvalue weighted by Crippen LogP contribution is -2.31. The third-order valence-corrected chi connectivity index (χ3v) is 6.17. The van der Waals surface area contributed by atoms with Crippen LogP contribution in [0.3, 0.4) is 0 Å². The SMILES string of the molecule is COc1ccc(-c2n[nH]c(=S)n2CCC(=O)N2CCCC2c2cc(C)cc(C)c2)cc1. The molecule has 1 aromatic heterocycles. The van der Waals surface area contributed by atoms with E-state index in [1.54, 1.807) is 7.11 Å². The smallest absolute Gasteiger partial charge is 0.224 e. The summed E-state index contributed by atoms with van der Waals surface area (Å²) in [5, 5.41) is 7.24. The second-order valence-corrected chi connectivity index (χ2v) is 8.54. The maximum absolute atomic E-state index is 13.2. The lowest BCUT2D eigenvalue weighted by molar-refractivity contribution is -0.132. The Morgan fingerprint density at radius 1 is 1.19 bits per heavy atom. The molecular formula is C24H28N4O2S. The molecule has 0 saturated carbocycles. The minimum atomic E-state index is 0.157. The van der Waals surface area contributed by atoms with Crippen LogP contribution in [0.5, 0.6) is 5.75 Å². The van der Waals surface area contributed by atoms with E-state index in [-0.39, 0.29) is 11.9 Å². The number of nitrogens with zero attached hydrogens (tertiary/aromatic N) is 3. The van der Waals surface area contributed by atoms with Crippen molar-refractivity contribution in [3.8, 4) is 17.1 Å². The fourth-order valence-corrected chi connectivity index (χ4v) is 4.67. The minimum absolute atomic E-state index is 0.157. The molecule has 0 aliphatic carbocycles. The van der Waals surface area contributed by atoms with Gasteiger partial charge in [0.05, 0.1) is 13.2 Å². The fraction of sp³-hybridized carbons (Fsp3) is 0.375. The third kappa shape index (κ3) is 4.56. The van der Waals surface area contributed by atoms with Crippen molar-refractivity contribution in [2.24, 2.45) is 0 Å². The van der Waals surface area contributed by atoms with Crippen LogP contribution >= 0.6 is 12.2 Å². The summed E-state index contributed by atoms with van der Waals surface area (Å²) < 4.78 is 7.65. The molecule has 1 fully saturated rings. The van der Waals surface area contributed by atoms with E-state index in [2.05, 4.69) is 42.2 Å². The van der Waals surface area contributed by atoms with Crippen molar-refractivity contribution in [2.75, 3.05) is 13.7 Å². The Morgan fingerprint density at radius 2 is 1.90 bits per heavy atom. The molecule has 2 heterocycles. The molecule has 0 bridgehead atoms. The number of carbonyl (C=O) groups excluding carboxylic acids is 1. The summed E-state index contributed by atoms with van der Waals surface area (Å²) in [7, 11) is 1.64. The van der Waals surface area contributed by atoms with Gasteiger partial charge in [0.15, 0.2) is 10.6 Å². The van der Waals surface area contributed by atoms with Crippen molar-refractivity contribution in [3.63, 3.8) is 0 Å². The average Bonchev–Trinajstić information content (AvgIpc) is 3.38. The van der Waals surface area contributed by atoms with Crippen molar-refractivity contribution >= 4 is 18.1 Å². The molecule has 4 rings (SSSR count). The van der Waals surface area contributed by atoms with E-state index in [4.69, 9.17) is 17.0 Å². The molecule has 1 unspecified atom stereocenters. The Balaban J connectivity index is 1.50. The zero-order valence-corrected chi connectivity index (χ0v) is 19.0. The Labute approximate surface area is 187 Å². The molecule has 1 saturated heterocycles. The Hall–Kier alpha value is -2.93. The molecule has 7 heteroatoms. The molecule has 1 aliphatic rings. The lowest BCUT2D eigenvalue weighted by atomic mass is 9.99. The summed E-state index contributed by atoms with van der Waals surface area (Å²) in [6.45, 7) is 5.52. The summed E-state index contributed by atoms with van der Waals surface area (Å²) >= 11 is 5.43. The van der Waals surface area contributed by atoms with E-state index in [0.29, 0.717) is 17.7 Å². The predicted octanol–water partition coefficient (Wildman–Crippen LogP) is 4.99. The molecule has 3 aromatic rings. The number of carbonyl (C=O) groups is 1. The Morgan fingerprint density at radius 3 is 2.58 bits per heavy atom. The topological polar surface area (TPSA) is 63.1 Å². The van der Waals surface area contributed by atoms with Gasteiger partial charge in [-0.1, -0.05) is 29.3 Å². The maximum atomic E-state index is 13.2. The number of aromatic amines is 1. The average molecular weight is 437 g/mol. The first-order valence-corrected chi connectivity index (χ1v) is 11.0. The molecule has 0 spiro atoms. The van der Waals surface area contributed by atoms with E-state index in [1.165, 1.54) is 16.7 Å². The van der Waals surface area contributed by atoms with Gasteiger partial charge in [-0.2, -0.15) is 5.10 Å². The van der Waals surface area contributed by atoms with Crippen LogP contribution in [0.4, 0.5) is 0 Å². The molecule has 1 amide bonds. The molecule has 1 aliphatic heterocycles. The van der Waals surface area contributed by atoms with Crippen molar-refractivity contribution in [1.29, 1.82) is 0 Å². The number of ether oxygens (including phenoxy) is 1. The van der Waals surface area contributed by atoms with Crippen LogP contribution in [0.25, 0.3) is 11.4 Å². The Kier molecular flexibility index (Phi) is 6.23. The highest BCUT2D eigenvalue weighted by Gasteiger charge is 2.30. The van der Waals surface area contributed by atoms with Crippen LogP contribution in [0.2, 0.25) is 0 Å². The fourth-order valence-electron chi connectivity index (χ4n) is 4.45. The quantitative estimate of drug-likeness (QED) is 0.553. The first-order chi connectivity index (χ1) is 15.0. The number of likely N-dealkylation sites (tertiary alicyclic amines) is 1. The monoisotopic (exact) mass is 436 g/mol. The second kappa shape index (κ2) is 9.06. The number of nitrogens with one attached hydrogen (secondary N) is 1. The van der Waals surface area contributed by atoms with Gasteiger partial charge in [0.25, 0.3) is 0 Å². The van der Waals surface area contributed by atoms with Crippen LogP contribution in [-0.2, 0) is 11.3 Å². The minimum Gasteiger partial charge on any atom is -0.497 e. The maximum Gasteiger partial charge on any atom is 0.224 e. The number of rotatable bonds is 6.